The Kier molecular flexibility index (Phi) is 7.87. The number of benzene rings is 1. The van der Waals surface area contributed by atoms with Gasteiger partial charge in [-0.1, -0.05) is 36.4 Å². The molecule has 0 aliphatic heterocycles. The van der Waals surface area contributed by atoms with E-state index >= 15 is 0 Å². The van der Waals surface area contributed by atoms with Gasteiger partial charge in [-0.3, -0.25) is 9.59 Å². The summed E-state index contributed by atoms with van der Waals surface area (Å²) in [5.41, 5.74) is 2.04. The highest BCUT2D eigenvalue weighted by Crippen LogP contribution is 2.23. The fourth-order valence-electron chi connectivity index (χ4n) is 2.01. The van der Waals surface area contributed by atoms with Crippen LogP contribution in [0.25, 0.3) is 0 Å². The van der Waals surface area contributed by atoms with Crippen LogP contribution in [0.5, 0.6) is 0 Å². The van der Waals surface area contributed by atoms with Crippen LogP contribution in [0.2, 0.25) is 5.02 Å². The first kappa shape index (κ1) is 19.9. The number of nitrogens with zero attached hydrogens (tertiary/aromatic N) is 1. The Labute approximate surface area is 160 Å². The first-order chi connectivity index (χ1) is 12.0. The zero-order valence-electron chi connectivity index (χ0n) is 14.1. The summed E-state index contributed by atoms with van der Waals surface area (Å²) >= 11 is 8.99. The van der Waals surface area contributed by atoms with Crippen molar-refractivity contribution in [2.45, 2.75) is 31.2 Å². The lowest BCUT2D eigenvalue weighted by molar-refractivity contribution is -0.113. The topological polar surface area (TPSA) is 74.8 Å². The Balaban J connectivity index is 1.95. The zero-order valence-corrected chi connectivity index (χ0v) is 16.5. The van der Waals surface area contributed by atoms with Crippen molar-refractivity contribution in [2.75, 3.05) is 16.8 Å². The van der Waals surface area contributed by atoms with Crippen LogP contribution >= 0.6 is 35.1 Å². The Morgan fingerprint density at radius 3 is 2.96 bits per heavy atom. The molecule has 8 heteroatoms. The fourth-order valence-corrected chi connectivity index (χ4v) is 3.67. The third kappa shape index (κ3) is 6.41. The molecule has 0 bridgehead atoms. The summed E-state index contributed by atoms with van der Waals surface area (Å²) in [4.78, 5) is 30.9. The van der Waals surface area contributed by atoms with E-state index in [9.17, 15) is 9.59 Å². The van der Waals surface area contributed by atoms with Crippen molar-refractivity contribution in [2.24, 2.45) is 0 Å². The molecule has 1 amide bonds. The molecule has 0 unspecified atom stereocenters. The summed E-state index contributed by atoms with van der Waals surface area (Å²) in [7, 11) is 0. The van der Waals surface area contributed by atoms with Gasteiger partial charge in [-0.05, 0) is 36.8 Å². The molecule has 1 heterocycles. The maximum atomic E-state index is 12.1. The van der Waals surface area contributed by atoms with Crippen molar-refractivity contribution in [1.29, 1.82) is 0 Å². The van der Waals surface area contributed by atoms with Gasteiger partial charge < -0.3 is 10.3 Å². The van der Waals surface area contributed by atoms with E-state index < -0.39 is 0 Å². The second-order valence-corrected chi connectivity index (χ2v) is 7.82. The Hall–Kier alpha value is -1.44. The number of H-pyrrole nitrogens is 1. The average Bonchev–Trinajstić information content (AvgIpc) is 2.57. The summed E-state index contributed by atoms with van der Waals surface area (Å²) in [5.74, 6) is 1.70. The number of carbonyl (C=O) groups excluding carboxylic acids is 1. The van der Waals surface area contributed by atoms with Gasteiger partial charge in [0.25, 0.3) is 5.56 Å². The number of carbonyl (C=O) groups is 1. The predicted octanol–water partition coefficient (Wildman–Crippen LogP) is 4.11. The lowest BCUT2D eigenvalue weighted by atomic mass is 10.2. The highest BCUT2D eigenvalue weighted by Gasteiger charge is 2.09. The van der Waals surface area contributed by atoms with Gasteiger partial charge in [-0.2, -0.15) is 11.8 Å². The highest BCUT2D eigenvalue weighted by molar-refractivity contribution is 7.99. The molecule has 0 saturated heterocycles. The van der Waals surface area contributed by atoms with E-state index in [1.807, 2.05) is 6.92 Å². The SMILES string of the molecule is CCCSCc1cc(=O)[nH]c(SCC(=O)Nc2cccc(Cl)c2C)n1. The Morgan fingerprint density at radius 2 is 2.20 bits per heavy atom. The molecule has 0 atom stereocenters. The van der Waals surface area contributed by atoms with E-state index in [0.29, 0.717) is 21.6 Å². The third-order valence-corrected chi connectivity index (χ3v) is 5.73. The van der Waals surface area contributed by atoms with Crippen LogP contribution in [0.3, 0.4) is 0 Å². The van der Waals surface area contributed by atoms with E-state index in [-0.39, 0.29) is 17.2 Å². The molecule has 0 spiro atoms. The van der Waals surface area contributed by atoms with E-state index in [4.69, 9.17) is 11.6 Å². The fraction of sp³-hybridized carbons (Fsp3) is 0.353. The number of rotatable bonds is 8. The molecular formula is C17H20ClN3O2S2. The van der Waals surface area contributed by atoms with E-state index in [1.165, 1.54) is 17.8 Å². The van der Waals surface area contributed by atoms with Gasteiger partial charge in [0.1, 0.15) is 0 Å². The van der Waals surface area contributed by atoms with Gasteiger partial charge in [-0.15, -0.1) is 0 Å². The molecule has 134 valence electrons. The van der Waals surface area contributed by atoms with E-state index in [2.05, 4.69) is 22.2 Å². The molecule has 2 N–H and O–H groups in total. The van der Waals surface area contributed by atoms with Crippen LogP contribution in [-0.2, 0) is 10.5 Å². The van der Waals surface area contributed by atoms with Crippen LogP contribution in [0.1, 0.15) is 24.6 Å². The van der Waals surface area contributed by atoms with Gasteiger partial charge in [0.15, 0.2) is 5.16 Å². The number of aromatic nitrogens is 2. The second kappa shape index (κ2) is 9.89. The van der Waals surface area contributed by atoms with Gasteiger partial charge in [0.2, 0.25) is 5.91 Å². The smallest absolute Gasteiger partial charge is 0.251 e. The minimum absolute atomic E-state index is 0.153. The van der Waals surface area contributed by atoms with Crippen molar-refractivity contribution < 1.29 is 4.79 Å². The number of amides is 1. The maximum absolute atomic E-state index is 12.1. The van der Waals surface area contributed by atoms with Crippen LogP contribution in [0.4, 0.5) is 5.69 Å². The van der Waals surface area contributed by atoms with Crippen LogP contribution in [0.15, 0.2) is 34.2 Å². The predicted molar refractivity (Wildman–Crippen MR) is 107 cm³/mol. The first-order valence-electron chi connectivity index (χ1n) is 7.85. The van der Waals surface area contributed by atoms with Crippen LogP contribution in [0, 0.1) is 6.92 Å². The van der Waals surface area contributed by atoms with Crippen LogP contribution < -0.4 is 10.9 Å². The molecule has 0 radical (unpaired) electrons. The molecule has 0 aliphatic carbocycles. The largest absolute Gasteiger partial charge is 0.325 e. The molecule has 0 aliphatic rings. The van der Waals surface area contributed by atoms with E-state index in [1.54, 1.807) is 30.0 Å². The number of hydrogen-bond donors (Lipinski definition) is 2. The van der Waals surface area contributed by atoms with Crippen molar-refractivity contribution >= 4 is 46.7 Å². The molecule has 5 nitrogen and oxygen atoms in total. The summed E-state index contributed by atoms with van der Waals surface area (Å²) in [6.07, 6.45) is 1.08. The number of nitrogens with one attached hydrogen (secondary N) is 2. The quantitative estimate of drug-likeness (QED) is 0.398. The van der Waals surface area contributed by atoms with Gasteiger partial charge in [0.05, 0.1) is 11.4 Å². The lowest BCUT2D eigenvalue weighted by Crippen LogP contribution is -2.16. The number of thioether (sulfide) groups is 2. The second-order valence-electron chi connectivity index (χ2n) is 5.34. The third-order valence-electron chi connectivity index (χ3n) is 3.25. The number of halogens is 1. The molecule has 25 heavy (non-hydrogen) atoms. The molecule has 2 aromatic rings. The summed E-state index contributed by atoms with van der Waals surface area (Å²) in [5, 5.41) is 3.89. The van der Waals surface area contributed by atoms with Crippen molar-refractivity contribution in [1.82, 2.24) is 9.97 Å². The number of hydrogen-bond acceptors (Lipinski definition) is 5. The normalized spacial score (nSPS) is 10.7. The minimum atomic E-state index is -0.198. The first-order valence-corrected chi connectivity index (χ1v) is 10.4. The summed E-state index contributed by atoms with van der Waals surface area (Å²) < 4.78 is 0. The molecular weight excluding hydrogens is 378 g/mol. The van der Waals surface area contributed by atoms with E-state index in [0.717, 1.165) is 23.4 Å². The summed E-state index contributed by atoms with van der Waals surface area (Å²) in [6, 6.07) is 6.87. The molecule has 0 saturated carbocycles. The maximum Gasteiger partial charge on any atom is 0.251 e. The number of aromatic amines is 1. The van der Waals surface area contributed by atoms with Crippen molar-refractivity contribution in [3.8, 4) is 0 Å². The lowest BCUT2D eigenvalue weighted by Gasteiger charge is -2.09. The Bertz CT molecular complexity index is 796. The molecule has 2 rings (SSSR count). The number of anilines is 1. The zero-order chi connectivity index (χ0) is 18.2. The summed E-state index contributed by atoms with van der Waals surface area (Å²) in [6.45, 7) is 3.96. The standard InChI is InChI=1S/C17H20ClN3O2S2/c1-3-7-24-9-12-8-15(22)21-17(19-12)25-10-16(23)20-14-6-4-5-13(18)11(14)2/h4-6,8H,3,7,9-10H2,1-2H3,(H,20,23)(H,19,21,22). The monoisotopic (exact) mass is 397 g/mol. The minimum Gasteiger partial charge on any atom is -0.325 e. The Morgan fingerprint density at radius 1 is 1.40 bits per heavy atom. The van der Waals surface area contributed by atoms with Gasteiger partial charge in [0, 0.05) is 22.5 Å². The van der Waals surface area contributed by atoms with Gasteiger partial charge in [-0.25, -0.2) is 4.98 Å². The molecule has 1 aromatic carbocycles. The van der Waals surface area contributed by atoms with Gasteiger partial charge >= 0.3 is 0 Å². The average molecular weight is 398 g/mol. The molecule has 0 fully saturated rings. The van der Waals surface area contributed by atoms with Crippen LogP contribution in [-0.4, -0.2) is 27.4 Å². The molecule has 1 aromatic heterocycles. The van der Waals surface area contributed by atoms with Crippen molar-refractivity contribution in [3.63, 3.8) is 0 Å². The van der Waals surface area contributed by atoms with Crippen molar-refractivity contribution in [3.05, 3.63) is 50.9 Å². The highest BCUT2D eigenvalue weighted by atomic mass is 35.5.